The summed E-state index contributed by atoms with van der Waals surface area (Å²) >= 11 is 12.6. The number of rotatable bonds is 5. The molecule has 0 saturated heterocycles. The van der Waals surface area contributed by atoms with Gasteiger partial charge in [-0.05, 0) is 35.6 Å². The fourth-order valence-electron chi connectivity index (χ4n) is 1.86. The number of hydrogen-bond acceptors (Lipinski definition) is 6. The molecule has 0 radical (unpaired) electrons. The minimum atomic E-state index is 0.307. The van der Waals surface area contributed by atoms with E-state index in [0.29, 0.717) is 32.9 Å². The van der Waals surface area contributed by atoms with E-state index in [2.05, 4.69) is 30.6 Å². The average molecular weight is 389 g/mol. The van der Waals surface area contributed by atoms with Crippen LogP contribution in [0.2, 0.25) is 5.15 Å². The van der Waals surface area contributed by atoms with Gasteiger partial charge in [0.05, 0.1) is 0 Å². The Bertz CT molecular complexity index is 848. The van der Waals surface area contributed by atoms with Crippen molar-refractivity contribution in [3.8, 4) is 0 Å². The third-order valence-corrected chi connectivity index (χ3v) is 4.18. The third kappa shape index (κ3) is 5.63. The van der Waals surface area contributed by atoms with Crippen LogP contribution >= 0.6 is 35.6 Å². The molecule has 0 spiro atoms. The first-order valence-electron chi connectivity index (χ1n) is 7.27. The molecule has 0 aliphatic carbocycles. The zero-order valence-corrected chi connectivity index (χ0v) is 15.3. The summed E-state index contributed by atoms with van der Waals surface area (Å²) in [5.74, 6) is 0.316. The summed E-state index contributed by atoms with van der Waals surface area (Å²) in [6.45, 7) is 0.604. The molecule has 0 fully saturated rings. The smallest absolute Gasteiger partial charge is 0.231 e. The lowest BCUT2D eigenvalue weighted by Gasteiger charge is -2.10. The summed E-state index contributed by atoms with van der Waals surface area (Å²) in [7, 11) is 0. The summed E-state index contributed by atoms with van der Waals surface area (Å²) in [6, 6.07) is 13.3. The van der Waals surface area contributed by atoms with E-state index in [0.717, 1.165) is 5.56 Å². The van der Waals surface area contributed by atoms with Gasteiger partial charge >= 0.3 is 0 Å². The topological polar surface area (TPSA) is 75.6 Å². The van der Waals surface area contributed by atoms with Crippen molar-refractivity contribution in [1.29, 1.82) is 0 Å². The number of benzene rings is 1. The Kier molecular flexibility index (Phi) is 6.10. The van der Waals surface area contributed by atoms with E-state index in [1.54, 1.807) is 24.5 Å². The van der Waals surface area contributed by atoms with Crippen molar-refractivity contribution in [2.45, 2.75) is 16.7 Å². The van der Waals surface area contributed by atoms with Crippen molar-refractivity contribution in [2.24, 2.45) is 0 Å². The van der Waals surface area contributed by atoms with Gasteiger partial charge in [0, 0.05) is 25.0 Å². The summed E-state index contributed by atoms with van der Waals surface area (Å²) in [4.78, 5) is 16.8. The molecule has 3 rings (SSSR count). The zero-order chi connectivity index (χ0) is 17.5. The van der Waals surface area contributed by atoms with Crippen LogP contribution < -0.4 is 10.6 Å². The van der Waals surface area contributed by atoms with Crippen molar-refractivity contribution >= 4 is 46.6 Å². The van der Waals surface area contributed by atoms with E-state index in [9.17, 15) is 0 Å². The Morgan fingerprint density at radius 3 is 2.60 bits per heavy atom. The minimum Gasteiger partial charge on any atom is -0.358 e. The number of nitrogens with zero attached hydrogens (tertiary/aromatic N) is 4. The maximum absolute atomic E-state index is 6.06. The quantitative estimate of drug-likeness (QED) is 0.390. The molecule has 25 heavy (non-hydrogen) atoms. The largest absolute Gasteiger partial charge is 0.358 e. The Morgan fingerprint density at radius 1 is 1.08 bits per heavy atom. The van der Waals surface area contributed by atoms with E-state index < -0.39 is 0 Å². The van der Waals surface area contributed by atoms with E-state index in [1.165, 1.54) is 11.8 Å². The van der Waals surface area contributed by atoms with E-state index in [4.69, 9.17) is 23.8 Å². The van der Waals surface area contributed by atoms with Crippen LogP contribution in [0, 0.1) is 0 Å². The van der Waals surface area contributed by atoms with Crippen molar-refractivity contribution in [1.82, 2.24) is 25.3 Å². The van der Waals surface area contributed by atoms with Crippen LogP contribution in [0.5, 0.6) is 0 Å². The van der Waals surface area contributed by atoms with Crippen LogP contribution in [0.25, 0.3) is 0 Å². The lowest BCUT2D eigenvalue weighted by Crippen LogP contribution is -2.28. The van der Waals surface area contributed by atoms with Gasteiger partial charge in [-0.3, -0.25) is 0 Å². The number of thiocarbonyl (C=S) groups is 1. The number of nitrogens with one attached hydrogen (secondary N) is 2. The van der Waals surface area contributed by atoms with Crippen molar-refractivity contribution in [3.05, 3.63) is 65.6 Å². The predicted octanol–water partition coefficient (Wildman–Crippen LogP) is 3.56. The zero-order valence-electron chi connectivity index (χ0n) is 12.9. The lowest BCUT2D eigenvalue weighted by atomic mass is 10.2. The van der Waals surface area contributed by atoms with Gasteiger partial charge in [-0.15, -0.1) is 0 Å². The molecular formula is C16H13ClN6S2. The molecule has 9 heteroatoms. The maximum Gasteiger partial charge on any atom is 0.231 e. The van der Waals surface area contributed by atoms with Gasteiger partial charge in [-0.2, -0.15) is 0 Å². The monoisotopic (exact) mass is 388 g/mol. The fraction of sp³-hybridized carbons (Fsp3) is 0.0625. The second-order valence-corrected chi connectivity index (χ2v) is 6.56. The second-order valence-electron chi connectivity index (χ2n) is 4.78. The molecule has 0 atom stereocenters. The van der Waals surface area contributed by atoms with Crippen LogP contribution in [-0.2, 0) is 6.54 Å². The fourth-order valence-corrected chi connectivity index (χ4v) is 2.99. The van der Waals surface area contributed by atoms with Crippen molar-refractivity contribution in [3.63, 3.8) is 0 Å². The molecular weight excluding hydrogens is 376 g/mol. The highest BCUT2D eigenvalue weighted by atomic mass is 35.5. The van der Waals surface area contributed by atoms with Crippen LogP contribution in [0.3, 0.4) is 0 Å². The highest BCUT2D eigenvalue weighted by Crippen LogP contribution is 2.25. The Labute approximate surface area is 159 Å². The Balaban J connectivity index is 1.62. The number of aromatic nitrogens is 4. The first-order chi connectivity index (χ1) is 12.2. The van der Waals surface area contributed by atoms with Gasteiger partial charge in [0.15, 0.2) is 10.3 Å². The molecule has 6 nitrogen and oxygen atoms in total. The number of anilines is 1. The summed E-state index contributed by atoms with van der Waals surface area (Å²) < 4.78 is 0. The highest BCUT2D eigenvalue weighted by molar-refractivity contribution is 7.99. The number of halogens is 1. The van der Waals surface area contributed by atoms with Gasteiger partial charge in [-0.25, -0.2) is 19.9 Å². The lowest BCUT2D eigenvalue weighted by molar-refractivity contribution is 0.920. The first kappa shape index (κ1) is 17.5. The van der Waals surface area contributed by atoms with Gasteiger partial charge < -0.3 is 10.6 Å². The van der Waals surface area contributed by atoms with E-state index in [1.807, 2.05) is 30.3 Å². The molecule has 0 bridgehead atoms. The molecule has 2 heterocycles. The second kappa shape index (κ2) is 8.70. The first-order valence-corrected chi connectivity index (χ1v) is 8.87. The standard InChI is InChI=1S/C16H13ClN6S2/c17-12-9-13(25-16-18-7-4-8-19-16)22-14(21-12)23-15(24)20-10-11-5-2-1-3-6-11/h1-9H,10H2,(H2,20,21,22,23,24). The molecule has 0 aliphatic heterocycles. The van der Waals surface area contributed by atoms with Crippen LogP contribution in [0.4, 0.5) is 5.95 Å². The van der Waals surface area contributed by atoms with Gasteiger partial charge in [-0.1, -0.05) is 41.9 Å². The summed E-state index contributed by atoms with van der Waals surface area (Å²) in [6.07, 6.45) is 3.33. The summed E-state index contributed by atoms with van der Waals surface area (Å²) in [5.41, 5.74) is 1.12. The molecule has 0 saturated carbocycles. The van der Waals surface area contributed by atoms with Gasteiger partial charge in [0.2, 0.25) is 5.95 Å². The van der Waals surface area contributed by atoms with Gasteiger partial charge in [0.25, 0.3) is 0 Å². The predicted molar refractivity (Wildman–Crippen MR) is 103 cm³/mol. The third-order valence-electron chi connectivity index (χ3n) is 2.93. The molecule has 0 unspecified atom stereocenters. The van der Waals surface area contributed by atoms with Crippen molar-refractivity contribution < 1.29 is 0 Å². The molecule has 0 amide bonds. The van der Waals surface area contributed by atoms with Crippen LogP contribution in [0.15, 0.2) is 65.0 Å². The average Bonchev–Trinajstić information content (AvgIpc) is 2.61. The Hall–Kier alpha value is -2.29. The molecule has 2 aromatic heterocycles. The van der Waals surface area contributed by atoms with Gasteiger partial charge in [0.1, 0.15) is 10.2 Å². The molecule has 1 aromatic carbocycles. The molecule has 3 aromatic rings. The summed E-state index contributed by atoms with van der Waals surface area (Å²) in [5, 5.41) is 7.96. The molecule has 2 N–H and O–H groups in total. The molecule has 0 aliphatic rings. The van der Waals surface area contributed by atoms with E-state index >= 15 is 0 Å². The van der Waals surface area contributed by atoms with Crippen molar-refractivity contribution in [2.75, 3.05) is 5.32 Å². The normalized spacial score (nSPS) is 10.3. The minimum absolute atomic E-state index is 0.307. The van der Waals surface area contributed by atoms with E-state index in [-0.39, 0.29) is 0 Å². The van der Waals surface area contributed by atoms with Crippen LogP contribution in [-0.4, -0.2) is 25.0 Å². The molecule has 126 valence electrons. The number of hydrogen-bond donors (Lipinski definition) is 2. The SMILES string of the molecule is S=C(NCc1ccccc1)Nc1nc(Cl)cc(Sc2ncccn2)n1. The maximum atomic E-state index is 6.06. The Morgan fingerprint density at radius 2 is 1.84 bits per heavy atom. The van der Waals surface area contributed by atoms with Crippen LogP contribution in [0.1, 0.15) is 5.56 Å². The highest BCUT2D eigenvalue weighted by Gasteiger charge is 2.08.